The van der Waals surface area contributed by atoms with Crippen molar-refractivity contribution < 1.29 is 22.8 Å². The number of piperidine rings is 1. The quantitative estimate of drug-likeness (QED) is 0.167. The predicted octanol–water partition coefficient (Wildman–Crippen LogP) is 5.21. The molecule has 1 aliphatic heterocycles. The Morgan fingerprint density at radius 3 is 2.41 bits per heavy atom. The van der Waals surface area contributed by atoms with Crippen LogP contribution in [0.1, 0.15) is 59.5 Å². The van der Waals surface area contributed by atoms with Gasteiger partial charge in [-0.2, -0.15) is 0 Å². The third-order valence-corrected chi connectivity index (χ3v) is 8.14. The first-order chi connectivity index (χ1) is 18.7. The van der Waals surface area contributed by atoms with Crippen molar-refractivity contribution in [1.29, 1.82) is 0 Å². The Labute approximate surface area is 233 Å². The molecule has 0 saturated carbocycles. The molecule has 0 aromatic heterocycles. The number of aryl methyl sites for hydroxylation is 1. The fraction of sp³-hybridized carbons (Fsp3) is 0.276. The maximum absolute atomic E-state index is 13.1. The first kappa shape index (κ1) is 28.3. The van der Waals surface area contributed by atoms with Crippen LogP contribution in [-0.4, -0.2) is 32.0 Å². The molecule has 3 aromatic rings. The summed E-state index contributed by atoms with van der Waals surface area (Å²) in [6.45, 7) is 0. The summed E-state index contributed by atoms with van der Waals surface area (Å²) < 4.78 is 28.8. The van der Waals surface area contributed by atoms with Crippen LogP contribution in [0.5, 0.6) is 0 Å². The number of carbonyl (C=O) groups excluding carboxylic acids is 3. The topological polar surface area (TPSA) is 121 Å². The normalized spacial score (nSPS) is 15.5. The van der Waals surface area contributed by atoms with E-state index in [4.69, 9.17) is 11.6 Å². The summed E-state index contributed by atoms with van der Waals surface area (Å²) in [5, 5.41) is 5.07. The second-order valence-electron chi connectivity index (χ2n) is 9.41. The number of anilines is 2. The van der Waals surface area contributed by atoms with Crippen molar-refractivity contribution >= 4 is 50.7 Å². The van der Waals surface area contributed by atoms with Gasteiger partial charge in [0.15, 0.2) is 0 Å². The predicted molar refractivity (Wildman–Crippen MR) is 151 cm³/mol. The number of halogens is 1. The fourth-order valence-corrected chi connectivity index (χ4v) is 5.70. The summed E-state index contributed by atoms with van der Waals surface area (Å²) >= 11 is 5.71. The van der Waals surface area contributed by atoms with E-state index < -0.39 is 21.8 Å². The SMILES string of the molecule is O=C1CCC(c2cccc(NS(=O)(=O)c3cccc(NC(=O)c4ccc(CCCCCCl)cc4)c3)c2)C(=O)N1. The molecule has 1 unspecified atom stereocenters. The summed E-state index contributed by atoms with van der Waals surface area (Å²) in [4.78, 5) is 36.4. The maximum Gasteiger partial charge on any atom is 0.261 e. The minimum Gasteiger partial charge on any atom is -0.322 e. The van der Waals surface area contributed by atoms with Crippen molar-refractivity contribution in [2.45, 2.75) is 49.3 Å². The van der Waals surface area contributed by atoms with Gasteiger partial charge in [-0.1, -0.05) is 36.8 Å². The molecule has 3 N–H and O–H groups in total. The molecule has 3 aromatic carbocycles. The number of alkyl halides is 1. The lowest BCUT2D eigenvalue weighted by Gasteiger charge is -2.21. The number of carbonyl (C=O) groups is 3. The first-order valence-corrected chi connectivity index (χ1v) is 14.8. The van der Waals surface area contributed by atoms with E-state index >= 15 is 0 Å². The number of benzene rings is 3. The lowest BCUT2D eigenvalue weighted by Crippen LogP contribution is -2.39. The highest BCUT2D eigenvalue weighted by atomic mass is 35.5. The van der Waals surface area contributed by atoms with Crippen molar-refractivity contribution in [1.82, 2.24) is 5.32 Å². The summed E-state index contributed by atoms with van der Waals surface area (Å²) in [6.07, 6.45) is 4.59. The van der Waals surface area contributed by atoms with Crippen LogP contribution in [0.25, 0.3) is 0 Å². The Bertz CT molecular complexity index is 1460. The fourth-order valence-electron chi connectivity index (χ4n) is 4.41. The Balaban J connectivity index is 1.41. The molecule has 0 spiro atoms. The van der Waals surface area contributed by atoms with Gasteiger partial charge in [-0.15, -0.1) is 11.6 Å². The number of sulfonamides is 1. The van der Waals surface area contributed by atoms with Crippen LogP contribution < -0.4 is 15.4 Å². The number of nitrogens with one attached hydrogen (secondary N) is 3. The maximum atomic E-state index is 13.1. The minimum absolute atomic E-state index is 0.0287. The van der Waals surface area contributed by atoms with Crippen molar-refractivity contribution in [3.05, 3.63) is 89.5 Å². The first-order valence-electron chi connectivity index (χ1n) is 12.8. The summed E-state index contributed by atoms with van der Waals surface area (Å²) in [5.41, 5.74) is 2.85. The van der Waals surface area contributed by atoms with Crippen molar-refractivity contribution in [2.24, 2.45) is 0 Å². The van der Waals surface area contributed by atoms with Crippen molar-refractivity contribution in [3.63, 3.8) is 0 Å². The molecule has 4 rings (SSSR count). The van der Waals surface area contributed by atoms with Crippen molar-refractivity contribution in [2.75, 3.05) is 15.9 Å². The molecule has 3 amide bonds. The summed E-state index contributed by atoms with van der Waals surface area (Å²) in [5.74, 6) is -0.925. The van der Waals surface area contributed by atoms with Gasteiger partial charge in [-0.3, -0.25) is 24.4 Å². The molecule has 1 atom stereocenters. The number of amides is 3. The van der Waals surface area contributed by atoms with E-state index in [0.29, 0.717) is 29.1 Å². The van der Waals surface area contributed by atoms with E-state index in [1.807, 2.05) is 12.1 Å². The number of imide groups is 1. The van der Waals surface area contributed by atoms with Gasteiger partial charge < -0.3 is 5.32 Å². The summed E-state index contributed by atoms with van der Waals surface area (Å²) in [6, 6.07) is 19.9. The molecule has 204 valence electrons. The molecule has 0 bridgehead atoms. The Morgan fingerprint density at radius 2 is 1.67 bits per heavy atom. The van der Waals surface area contributed by atoms with Gasteiger partial charge in [0, 0.05) is 29.2 Å². The zero-order chi connectivity index (χ0) is 27.8. The molecule has 1 saturated heterocycles. The molecule has 1 fully saturated rings. The Kier molecular flexibility index (Phi) is 9.37. The molecule has 1 heterocycles. The zero-order valence-corrected chi connectivity index (χ0v) is 22.9. The van der Waals surface area contributed by atoms with E-state index in [9.17, 15) is 22.8 Å². The third-order valence-electron chi connectivity index (χ3n) is 6.50. The van der Waals surface area contributed by atoms with E-state index in [0.717, 1.165) is 31.2 Å². The van der Waals surface area contributed by atoms with Crippen LogP contribution in [0.4, 0.5) is 11.4 Å². The smallest absolute Gasteiger partial charge is 0.261 e. The number of hydrogen-bond acceptors (Lipinski definition) is 5. The largest absolute Gasteiger partial charge is 0.322 e. The van der Waals surface area contributed by atoms with Crippen LogP contribution in [0.3, 0.4) is 0 Å². The van der Waals surface area contributed by atoms with Gasteiger partial charge >= 0.3 is 0 Å². The Hall–Kier alpha value is -3.69. The molecule has 1 aliphatic rings. The lowest BCUT2D eigenvalue weighted by atomic mass is 9.90. The van der Waals surface area contributed by atoms with E-state index in [2.05, 4.69) is 15.4 Å². The van der Waals surface area contributed by atoms with Crippen LogP contribution in [0.2, 0.25) is 0 Å². The highest BCUT2D eigenvalue weighted by molar-refractivity contribution is 7.92. The molecule has 39 heavy (non-hydrogen) atoms. The lowest BCUT2D eigenvalue weighted by molar-refractivity contribution is -0.134. The van der Waals surface area contributed by atoms with Gasteiger partial charge in [0.25, 0.3) is 15.9 Å². The minimum atomic E-state index is -3.99. The molecule has 10 heteroatoms. The van der Waals surface area contributed by atoms with Crippen molar-refractivity contribution in [3.8, 4) is 0 Å². The average Bonchev–Trinajstić information content (AvgIpc) is 2.91. The highest BCUT2D eigenvalue weighted by Gasteiger charge is 2.28. The van der Waals surface area contributed by atoms with Crippen LogP contribution in [0, 0.1) is 0 Å². The van der Waals surface area contributed by atoms with Crippen LogP contribution in [-0.2, 0) is 26.0 Å². The van der Waals surface area contributed by atoms with Crippen LogP contribution in [0.15, 0.2) is 77.7 Å². The second-order valence-corrected chi connectivity index (χ2v) is 11.5. The third kappa shape index (κ3) is 7.68. The van der Waals surface area contributed by atoms with Gasteiger partial charge in [0.2, 0.25) is 11.8 Å². The van der Waals surface area contributed by atoms with E-state index in [1.165, 1.54) is 12.1 Å². The monoisotopic (exact) mass is 567 g/mol. The van der Waals surface area contributed by atoms with Gasteiger partial charge in [0.1, 0.15) is 0 Å². The molecule has 0 radical (unpaired) electrons. The average molecular weight is 568 g/mol. The van der Waals surface area contributed by atoms with Gasteiger partial charge in [-0.25, -0.2) is 8.42 Å². The number of rotatable bonds is 11. The van der Waals surface area contributed by atoms with Crippen LogP contribution >= 0.6 is 11.6 Å². The second kappa shape index (κ2) is 12.9. The highest BCUT2D eigenvalue weighted by Crippen LogP contribution is 2.28. The van der Waals surface area contributed by atoms with E-state index in [-0.39, 0.29) is 28.8 Å². The Morgan fingerprint density at radius 1 is 0.923 bits per heavy atom. The van der Waals surface area contributed by atoms with Gasteiger partial charge in [-0.05, 0) is 79.3 Å². The molecule has 8 nitrogen and oxygen atoms in total. The van der Waals surface area contributed by atoms with E-state index in [1.54, 1.807) is 48.5 Å². The van der Waals surface area contributed by atoms with Gasteiger partial charge in [0.05, 0.1) is 10.8 Å². The number of hydrogen-bond donors (Lipinski definition) is 3. The molecular weight excluding hydrogens is 538 g/mol. The molecule has 0 aliphatic carbocycles. The zero-order valence-electron chi connectivity index (χ0n) is 21.3. The summed E-state index contributed by atoms with van der Waals surface area (Å²) in [7, 11) is -3.99. The molecular formula is C29H30ClN3O5S. The standard InChI is InChI=1S/C29H30ClN3O5S/c30-17-3-1-2-6-20-11-13-21(14-12-20)28(35)31-23-8-5-10-25(19-23)39(37,38)33-24-9-4-7-22(18-24)26-15-16-27(34)32-29(26)36/h4-5,7-14,18-19,26,33H,1-3,6,15-17H2,(H,31,35)(H,32,34,36). The number of unbranched alkanes of at least 4 members (excludes halogenated alkanes) is 2.